The molecular formula is C6H8O3. The van der Waals surface area contributed by atoms with Crippen LogP contribution in [0, 0.1) is 0 Å². The van der Waals surface area contributed by atoms with Crippen molar-refractivity contribution in [3.63, 3.8) is 0 Å². The highest BCUT2D eigenvalue weighted by atomic mass is 16.6. The Kier molecular flexibility index (Phi) is 0.750. The van der Waals surface area contributed by atoms with Gasteiger partial charge in [-0.05, 0) is 19.3 Å². The summed E-state index contributed by atoms with van der Waals surface area (Å²) in [6.45, 7) is 0. The minimum atomic E-state index is -0.773. The van der Waals surface area contributed by atoms with E-state index in [1.807, 2.05) is 0 Å². The lowest BCUT2D eigenvalue weighted by Gasteiger charge is -1.97. The fourth-order valence-corrected chi connectivity index (χ4v) is 1.58. The topological polar surface area (TPSA) is 49.8 Å². The molecule has 0 amide bonds. The number of carboxylic acid groups (broad SMARTS) is 1. The predicted molar refractivity (Wildman–Crippen MR) is 29.1 cm³/mol. The van der Waals surface area contributed by atoms with Gasteiger partial charge in [-0.2, -0.15) is 0 Å². The Morgan fingerprint density at radius 1 is 1.78 bits per heavy atom. The molecule has 3 nitrogen and oxygen atoms in total. The van der Waals surface area contributed by atoms with Crippen LogP contribution in [0.5, 0.6) is 0 Å². The number of rotatable bonds is 1. The van der Waals surface area contributed by atoms with Crippen LogP contribution in [-0.4, -0.2) is 22.8 Å². The summed E-state index contributed by atoms with van der Waals surface area (Å²) in [6, 6.07) is 0. The van der Waals surface area contributed by atoms with E-state index in [0.29, 0.717) is 6.42 Å². The van der Waals surface area contributed by atoms with Crippen molar-refractivity contribution < 1.29 is 14.6 Å². The average molecular weight is 128 g/mol. The van der Waals surface area contributed by atoms with Crippen LogP contribution in [0.15, 0.2) is 0 Å². The van der Waals surface area contributed by atoms with Gasteiger partial charge < -0.3 is 9.84 Å². The zero-order chi connectivity index (χ0) is 6.48. The highest BCUT2D eigenvalue weighted by molar-refractivity contribution is 5.82. The predicted octanol–water partition coefficient (Wildman–Crippen LogP) is 0.393. The lowest BCUT2D eigenvalue weighted by atomic mass is 10.1. The molecular weight excluding hydrogens is 120 g/mol. The first kappa shape index (κ1) is 5.23. The molecule has 0 aromatic rings. The third kappa shape index (κ3) is 0.477. The monoisotopic (exact) mass is 128 g/mol. The first-order valence-corrected chi connectivity index (χ1v) is 3.17. The Hall–Kier alpha value is -0.570. The Morgan fingerprint density at radius 2 is 2.56 bits per heavy atom. The lowest BCUT2D eigenvalue weighted by Crippen LogP contribution is -2.22. The maximum atomic E-state index is 10.4. The third-order valence-corrected chi connectivity index (χ3v) is 2.19. The minimum Gasteiger partial charge on any atom is -0.479 e. The number of carbonyl (C=O) groups is 1. The Morgan fingerprint density at radius 3 is 2.78 bits per heavy atom. The van der Waals surface area contributed by atoms with Crippen LogP contribution in [-0.2, 0) is 9.53 Å². The van der Waals surface area contributed by atoms with E-state index in [0.717, 1.165) is 12.8 Å². The van der Waals surface area contributed by atoms with Crippen LogP contribution in [0.3, 0.4) is 0 Å². The number of carboxylic acids is 1. The van der Waals surface area contributed by atoms with Gasteiger partial charge in [0.1, 0.15) is 0 Å². The summed E-state index contributed by atoms with van der Waals surface area (Å²) < 4.78 is 5.00. The number of hydrogen-bond acceptors (Lipinski definition) is 2. The van der Waals surface area contributed by atoms with Crippen molar-refractivity contribution in [1.29, 1.82) is 0 Å². The van der Waals surface area contributed by atoms with Crippen LogP contribution in [0.4, 0.5) is 0 Å². The molecule has 50 valence electrons. The summed E-state index contributed by atoms with van der Waals surface area (Å²) in [5.74, 6) is -0.773. The molecule has 1 N–H and O–H groups in total. The molecule has 0 bridgehead atoms. The number of fused-ring (bicyclic) bond motifs is 1. The lowest BCUT2D eigenvalue weighted by molar-refractivity contribution is -0.143. The molecule has 2 unspecified atom stereocenters. The summed E-state index contributed by atoms with van der Waals surface area (Å²) in [5, 5.41) is 8.59. The molecule has 1 saturated heterocycles. The van der Waals surface area contributed by atoms with Crippen molar-refractivity contribution in [3.8, 4) is 0 Å². The molecule has 0 aromatic heterocycles. The highest BCUT2D eigenvalue weighted by Gasteiger charge is 2.65. The van der Waals surface area contributed by atoms with Gasteiger partial charge in [-0.1, -0.05) is 0 Å². The van der Waals surface area contributed by atoms with Crippen molar-refractivity contribution in [3.05, 3.63) is 0 Å². The maximum absolute atomic E-state index is 10.4. The van der Waals surface area contributed by atoms with Crippen LogP contribution in [0.1, 0.15) is 19.3 Å². The molecule has 3 heteroatoms. The van der Waals surface area contributed by atoms with Crippen molar-refractivity contribution in [1.82, 2.24) is 0 Å². The maximum Gasteiger partial charge on any atom is 0.338 e. The molecule has 2 atom stereocenters. The van der Waals surface area contributed by atoms with Crippen molar-refractivity contribution >= 4 is 5.97 Å². The van der Waals surface area contributed by atoms with Gasteiger partial charge >= 0.3 is 5.97 Å². The Bertz CT molecular complexity index is 166. The van der Waals surface area contributed by atoms with Crippen LogP contribution >= 0.6 is 0 Å². The van der Waals surface area contributed by atoms with E-state index in [1.54, 1.807) is 0 Å². The van der Waals surface area contributed by atoms with Gasteiger partial charge in [-0.3, -0.25) is 0 Å². The summed E-state index contributed by atoms with van der Waals surface area (Å²) in [6.07, 6.45) is 2.71. The third-order valence-electron chi connectivity index (χ3n) is 2.19. The molecule has 1 aliphatic carbocycles. The quantitative estimate of drug-likeness (QED) is 0.520. The second kappa shape index (κ2) is 1.29. The first-order valence-electron chi connectivity index (χ1n) is 3.17. The molecule has 2 rings (SSSR count). The molecule has 9 heavy (non-hydrogen) atoms. The summed E-state index contributed by atoms with van der Waals surface area (Å²) in [4.78, 5) is 10.4. The summed E-state index contributed by atoms with van der Waals surface area (Å²) in [7, 11) is 0. The van der Waals surface area contributed by atoms with E-state index in [9.17, 15) is 4.79 Å². The number of hydrogen-bond donors (Lipinski definition) is 1. The van der Waals surface area contributed by atoms with Crippen molar-refractivity contribution in [2.24, 2.45) is 0 Å². The molecule has 0 radical (unpaired) electrons. The van der Waals surface area contributed by atoms with Crippen molar-refractivity contribution in [2.75, 3.05) is 0 Å². The van der Waals surface area contributed by atoms with Gasteiger partial charge in [0.2, 0.25) is 0 Å². The number of epoxide rings is 1. The molecule has 0 aromatic carbocycles. The van der Waals surface area contributed by atoms with Gasteiger partial charge in [0.05, 0.1) is 6.10 Å². The van der Waals surface area contributed by atoms with Gasteiger partial charge in [-0.25, -0.2) is 4.79 Å². The van der Waals surface area contributed by atoms with Gasteiger partial charge in [0.25, 0.3) is 0 Å². The van der Waals surface area contributed by atoms with E-state index in [4.69, 9.17) is 9.84 Å². The SMILES string of the molecule is O=C(O)C12CCCC1O2. The minimum absolute atomic E-state index is 0.0509. The van der Waals surface area contributed by atoms with Crippen molar-refractivity contribution in [2.45, 2.75) is 31.0 Å². The van der Waals surface area contributed by atoms with Gasteiger partial charge in [-0.15, -0.1) is 0 Å². The Labute approximate surface area is 52.6 Å². The number of aliphatic carboxylic acids is 1. The molecule has 0 spiro atoms. The fraction of sp³-hybridized carbons (Fsp3) is 0.833. The zero-order valence-corrected chi connectivity index (χ0v) is 4.96. The second-order valence-corrected chi connectivity index (χ2v) is 2.69. The molecule has 1 aliphatic heterocycles. The zero-order valence-electron chi connectivity index (χ0n) is 4.96. The largest absolute Gasteiger partial charge is 0.479 e. The van der Waals surface area contributed by atoms with E-state index >= 15 is 0 Å². The smallest absolute Gasteiger partial charge is 0.338 e. The molecule has 1 heterocycles. The normalized spacial score (nSPS) is 46.4. The average Bonchev–Trinajstić information content (AvgIpc) is 2.38. The standard InChI is InChI=1S/C6H8O3/c7-5(8)6-3-1-2-4(6)9-6/h4H,1-3H2,(H,7,8). The van der Waals surface area contributed by atoms with Crippen LogP contribution < -0.4 is 0 Å². The highest BCUT2D eigenvalue weighted by Crippen LogP contribution is 2.49. The molecule has 2 aliphatic rings. The summed E-state index contributed by atoms with van der Waals surface area (Å²) >= 11 is 0. The summed E-state index contributed by atoms with van der Waals surface area (Å²) in [5.41, 5.74) is -0.722. The van der Waals surface area contributed by atoms with Gasteiger partial charge in [0.15, 0.2) is 5.60 Å². The van der Waals surface area contributed by atoms with E-state index in [2.05, 4.69) is 0 Å². The van der Waals surface area contributed by atoms with Crippen LogP contribution in [0.25, 0.3) is 0 Å². The molecule has 1 saturated carbocycles. The second-order valence-electron chi connectivity index (χ2n) is 2.69. The number of ether oxygens (including phenoxy) is 1. The fourth-order valence-electron chi connectivity index (χ4n) is 1.58. The van der Waals surface area contributed by atoms with E-state index in [-0.39, 0.29) is 6.10 Å². The Balaban J connectivity index is 2.19. The van der Waals surface area contributed by atoms with Crippen LogP contribution in [0.2, 0.25) is 0 Å². The molecule has 2 fully saturated rings. The van der Waals surface area contributed by atoms with Gasteiger partial charge in [0, 0.05) is 0 Å². The first-order chi connectivity index (χ1) is 4.26. The van der Waals surface area contributed by atoms with E-state index in [1.165, 1.54) is 0 Å². The van der Waals surface area contributed by atoms with E-state index < -0.39 is 11.6 Å².